The van der Waals surface area contributed by atoms with Gasteiger partial charge in [-0.25, -0.2) is 9.97 Å². The minimum Gasteiger partial charge on any atom is -0.384 e. The first-order valence-corrected chi connectivity index (χ1v) is 8.74. The van der Waals surface area contributed by atoms with Crippen molar-refractivity contribution in [3.63, 3.8) is 0 Å². The normalized spacial score (nSPS) is 33.7. The van der Waals surface area contributed by atoms with Crippen molar-refractivity contribution in [1.82, 2.24) is 14.5 Å². The van der Waals surface area contributed by atoms with E-state index < -0.39 is 5.79 Å². The quantitative estimate of drug-likeness (QED) is 0.615. The van der Waals surface area contributed by atoms with Crippen LogP contribution in [0.2, 0.25) is 5.15 Å². The Labute approximate surface area is 151 Å². The van der Waals surface area contributed by atoms with Crippen LogP contribution in [0.3, 0.4) is 0 Å². The number of rotatable bonds is 4. The van der Waals surface area contributed by atoms with Gasteiger partial charge in [-0.1, -0.05) is 17.7 Å². The Morgan fingerprint density at radius 3 is 2.96 bits per heavy atom. The largest absolute Gasteiger partial charge is 0.384 e. The molecule has 25 heavy (non-hydrogen) atoms. The van der Waals surface area contributed by atoms with Crippen LogP contribution in [0.25, 0.3) is 11.0 Å². The summed E-state index contributed by atoms with van der Waals surface area (Å²) in [6.45, 7) is 8.47. The number of nitrogens with zero attached hydrogens (tertiary/aromatic N) is 3. The fourth-order valence-electron chi connectivity index (χ4n) is 4.27. The van der Waals surface area contributed by atoms with Crippen LogP contribution in [0.4, 0.5) is 0 Å². The third-order valence-corrected chi connectivity index (χ3v) is 5.60. The number of methoxy groups -OCH3 is 1. The predicted molar refractivity (Wildman–Crippen MR) is 94.5 cm³/mol. The summed E-state index contributed by atoms with van der Waals surface area (Å²) in [5.74, 6) is -0.647. The molecule has 0 N–H and O–H groups in total. The molecule has 2 aromatic rings. The van der Waals surface area contributed by atoms with Gasteiger partial charge in [0.2, 0.25) is 0 Å². The van der Waals surface area contributed by atoms with Crippen LogP contribution in [0.5, 0.6) is 0 Å². The van der Waals surface area contributed by atoms with Crippen molar-refractivity contribution in [1.29, 1.82) is 0 Å². The molecule has 0 radical (unpaired) electrons. The molecule has 2 fully saturated rings. The van der Waals surface area contributed by atoms with E-state index in [0.717, 1.165) is 17.5 Å². The van der Waals surface area contributed by atoms with E-state index in [0.29, 0.717) is 11.8 Å². The smallest absolute Gasteiger partial charge is 0.163 e. The molecule has 1 aliphatic heterocycles. The molecule has 4 rings (SSSR count). The SMILES string of the molecule is C=C[C@@]1(COC)C[C@@H](n2ccc3c(Cl)ncnc32)[C@@H]2OC(C)(C)O[C@@H]21. The highest BCUT2D eigenvalue weighted by Crippen LogP contribution is 2.54. The lowest BCUT2D eigenvalue weighted by Crippen LogP contribution is -2.37. The summed E-state index contributed by atoms with van der Waals surface area (Å²) in [7, 11) is 1.70. The number of aromatic nitrogens is 3. The van der Waals surface area contributed by atoms with Gasteiger partial charge in [0.1, 0.15) is 29.3 Å². The molecular weight excluding hydrogens is 342 g/mol. The summed E-state index contributed by atoms with van der Waals surface area (Å²) in [6.07, 6.45) is 5.98. The van der Waals surface area contributed by atoms with Gasteiger partial charge in [-0.3, -0.25) is 0 Å². The molecule has 0 spiro atoms. The molecule has 2 aromatic heterocycles. The van der Waals surface area contributed by atoms with Crippen molar-refractivity contribution in [3.8, 4) is 0 Å². The zero-order chi connectivity index (χ0) is 17.8. The number of fused-ring (bicyclic) bond motifs is 2. The van der Waals surface area contributed by atoms with E-state index >= 15 is 0 Å². The van der Waals surface area contributed by atoms with Crippen LogP contribution in [0.15, 0.2) is 31.2 Å². The number of halogens is 1. The van der Waals surface area contributed by atoms with Crippen molar-refractivity contribution in [2.75, 3.05) is 13.7 Å². The molecular formula is C18H22ClN3O3. The molecule has 134 valence electrons. The first kappa shape index (κ1) is 17.0. The average Bonchev–Trinajstić information content (AvgIpc) is 3.20. The lowest BCUT2D eigenvalue weighted by Gasteiger charge is -2.31. The van der Waals surface area contributed by atoms with Crippen LogP contribution in [0, 0.1) is 5.41 Å². The van der Waals surface area contributed by atoms with Gasteiger partial charge in [0.05, 0.1) is 18.0 Å². The molecule has 3 heterocycles. The molecule has 1 aliphatic carbocycles. The van der Waals surface area contributed by atoms with E-state index in [1.807, 2.05) is 32.2 Å². The van der Waals surface area contributed by atoms with E-state index in [9.17, 15) is 0 Å². The van der Waals surface area contributed by atoms with Crippen molar-refractivity contribution in [2.24, 2.45) is 5.41 Å². The summed E-state index contributed by atoms with van der Waals surface area (Å²) in [4.78, 5) is 8.49. The summed E-state index contributed by atoms with van der Waals surface area (Å²) >= 11 is 6.21. The van der Waals surface area contributed by atoms with Gasteiger partial charge in [-0.2, -0.15) is 0 Å². The van der Waals surface area contributed by atoms with Crippen LogP contribution < -0.4 is 0 Å². The Balaban J connectivity index is 1.81. The van der Waals surface area contributed by atoms with Crippen molar-refractivity contribution in [3.05, 3.63) is 36.4 Å². The van der Waals surface area contributed by atoms with E-state index in [4.69, 9.17) is 25.8 Å². The lowest BCUT2D eigenvalue weighted by molar-refractivity contribution is -0.168. The monoisotopic (exact) mass is 363 g/mol. The molecule has 1 saturated carbocycles. The van der Waals surface area contributed by atoms with E-state index in [1.165, 1.54) is 6.33 Å². The molecule has 0 aromatic carbocycles. The Bertz CT molecular complexity index is 821. The molecule has 7 heteroatoms. The Morgan fingerprint density at radius 1 is 1.44 bits per heavy atom. The third-order valence-electron chi connectivity index (χ3n) is 5.30. The lowest BCUT2D eigenvalue weighted by atomic mass is 9.84. The van der Waals surface area contributed by atoms with Crippen molar-refractivity contribution in [2.45, 2.75) is 44.3 Å². The number of hydrogen-bond acceptors (Lipinski definition) is 5. The summed E-state index contributed by atoms with van der Waals surface area (Å²) < 4.78 is 20.1. The predicted octanol–water partition coefficient (Wildman–Crippen LogP) is 3.37. The second-order valence-corrected chi connectivity index (χ2v) is 7.65. The van der Waals surface area contributed by atoms with Crippen molar-refractivity contribution >= 4 is 22.6 Å². The van der Waals surface area contributed by atoms with Gasteiger partial charge >= 0.3 is 0 Å². The van der Waals surface area contributed by atoms with Crippen LogP contribution >= 0.6 is 11.6 Å². The van der Waals surface area contributed by atoms with Gasteiger partial charge < -0.3 is 18.8 Å². The number of ether oxygens (including phenoxy) is 3. The average molecular weight is 364 g/mol. The van der Waals surface area contributed by atoms with Crippen LogP contribution in [0.1, 0.15) is 26.3 Å². The highest BCUT2D eigenvalue weighted by molar-refractivity contribution is 6.33. The minimum absolute atomic E-state index is 0.0448. The maximum absolute atomic E-state index is 6.27. The van der Waals surface area contributed by atoms with Crippen LogP contribution in [-0.2, 0) is 14.2 Å². The zero-order valence-corrected chi connectivity index (χ0v) is 15.4. The Kier molecular flexibility index (Phi) is 3.92. The summed E-state index contributed by atoms with van der Waals surface area (Å²) in [6, 6.07) is 1.99. The van der Waals surface area contributed by atoms with Gasteiger partial charge in [-0.05, 0) is 26.3 Å². The maximum atomic E-state index is 6.27. The number of hydrogen-bond donors (Lipinski definition) is 0. The van der Waals surface area contributed by atoms with Gasteiger partial charge in [0.15, 0.2) is 5.79 Å². The second kappa shape index (κ2) is 5.77. The summed E-state index contributed by atoms with van der Waals surface area (Å²) in [5.41, 5.74) is 0.486. The topological polar surface area (TPSA) is 58.4 Å². The fourth-order valence-corrected chi connectivity index (χ4v) is 4.46. The van der Waals surface area contributed by atoms with E-state index in [1.54, 1.807) is 7.11 Å². The second-order valence-electron chi connectivity index (χ2n) is 7.29. The van der Waals surface area contributed by atoms with Gasteiger partial charge in [0, 0.05) is 18.7 Å². The standard InChI is InChI=1S/C18H22ClN3O3/c1-5-18(9-23-4)8-12(13-14(18)25-17(2,3)24-13)22-7-6-11-15(19)20-10-21-16(11)22/h5-7,10,12-14H,1,8-9H2,2-4H3/t12-,13+,14+,18+/m1/s1. The molecule has 0 amide bonds. The van der Waals surface area contributed by atoms with E-state index in [2.05, 4.69) is 21.1 Å². The first-order chi connectivity index (χ1) is 11.9. The molecule has 2 aliphatic rings. The maximum Gasteiger partial charge on any atom is 0.163 e. The molecule has 0 bridgehead atoms. The molecule has 1 saturated heterocycles. The Morgan fingerprint density at radius 2 is 2.24 bits per heavy atom. The highest BCUT2D eigenvalue weighted by Gasteiger charge is 2.61. The molecule has 0 unspecified atom stereocenters. The molecule has 4 atom stereocenters. The summed E-state index contributed by atoms with van der Waals surface area (Å²) in [5, 5.41) is 1.29. The highest BCUT2D eigenvalue weighted by atomic mass is 35.5. The van der Waals surface area contributed by atoms with Crippen LogP contribution in [-0.4, -0.2) is 46.2 Å². The van der Waals surface area contributed by atoms with Gasteiger partial charge in [-0.15, -0.1) is 6.58 Å². The third kappa shape index (κ3) is 2.51. The zero-order valence-electron chi connectivity index (χ0n) is 14.6. The minimum atomic E-state index is -0.647. The van der Waals surface area contributed by atoms with E-state index in [-0.39, 0.29) is 23.7 Å². The fraction of sp³-hybridized carbons (Fsp3) is 0.556. The molecule has 6 nitrogen and oxygen atoms in total. The first-order valence-electron chi connectivity index (χ1n) is 8.36. The van der Waals surface area contributed by atoms with Crippen molar-refractivity contribution < 1.29 is 14.2 Å². The Hall–Kier alpha value is -1.47. The van der Waals surface area contributed by atoms with Gasteiger partial charge in [0.25, 0.3) is 0 Å².